The highest BCUT2D eigenvalue weighted by molar-refractivity contribution is 7.89. The highest BCUT2D eigenvalue weighted by Gasteiger charge is 2.24. The van der Waals surface area contributed by atoms with Crippen LogP contribution in [0.1, 0.15) is 21.5 Å². The zero-order valence-corrected chi connectivity index (χ0v) is 17.8. The zero-order chi connectivity index (χ0) is 21.7. The van der Waals surface area contributed by atoms with Crippen molar-refractivity contribution < 1.29 is 17.9 Å². The van der Waals surface area contributed by atoms with Gasteiger partial charge in [-0.05, 0) is 29.3 Å². The van der Waals surface area contributed by atoms with Crippen LogP contribution in [0.4, 0.5) is 0 Å². The average molecular weight is 430 g/mol. The van der Waals surface area contributed by atoms with Crippen molar-refractivity contribution >= 4 is 15.9 Å². The fourth-order valence-electron chi connectivity index (χ4n) is 2.87. The molecule has 0 fully saturated rings. The molecule has 158 valence electrons. The third-order valence-corrected chi connectivity index (χ3v) is 6.38. The molecule has 2 aromatic carbocycles. The highest BCUT2D eigenvalue weighted by Crippen LogP contribution is 2.27. The minimum atomic E-state index is -3.77. The number of nitrogens with one attached hydrogen (secondary N) is 1. The van der Waals surface area contributed by atoms with Gasteiger partial charge in [-0.1, -0.05) is 24.3 Å². The van der Waals surface area contributed by atoms with E-state index in [0.717, 1.165) is 15.4 Å². The van der Waals surface area contributed by atoms with Crippen molar-refractivity contribution in [2.75, 3.05) is 21.2 Å². The molecule has 3 rings (SSSR count). The average Bonchev–Trinajstić information content (AvgIpc) is 3.25. The molecule has 0 atom stereocenters. The number of carbonyl (C=O) groups excluding carboxylic acids is 1. The maximum absolute atomic E-state index is 12.7. The van der Waals surface area contributed by atoms with Crippen molar-refractivity contribution in [1.82, 2.24) is 24.4 Å². The number of methoxy groups -OCH3 is 1. The van der Waals surface area contributed by atoms with E-state index in [1.165, 1.54) is 45.7 Å². The van der Waals surface area contributed by atoms with E-state index in [4.69, 9.17) is 4.74 Å². The number of hydrogen-bond donors (Lipinski definition) is 1. The lowest BCUT2D eigenvalue weighted by Gasteiger charge is -2.16. The molecule has 10 heteroatoms. The predicted molar refractivity (Wildman–Crippen MR) is 111 cm³/mol. The second-order valence-electron chi connectivity index (χ2n) is 6.70. The Morgan fingerprint density at radius 3 is 2.53 bits per heavy atom. The van der Waals surface area contributed by atoms with Crippen molar-refractivity contribution in [3.8, 4) is 5.75 Å². The normalized spacial score (nSPS) is 11.5. The first-order valence-electron chi connectivity index (χ1n) is 9.11. The van der Waals surface area contributed by atoms with Gasteiger partial charge in [-0.3, -0.25) is 4.79 Å². The molecule has 9 nitrogen and oxygen atoms in total. The van der Waals surface area contributed by atoms with E-state index < -0.39 is 10.0 Å². The molecular weight excluding hydrogens is 406 g/mol. The van der Waals surface area contributed by atoms with Gasteiger partial charge in [0, 0.05) is 26.2 Å². The van der Waals surface area contributed by atoms with Gasteiger partial charge in [0.2, 0.25) is 10.0 Å². The van der Waals surface area contributed by atoms with E-state index in [0.29, 0.717) is 6.54 Å². The lowest BCUT2D eigenvalue weighted by Crippen LogP contribution is -2.26. The zero-order valence-electron chi connectivity index (χ0n) is 16.9. The van der Waals surface area contributed by atoms with E-state index in [1.54, 1.807) is 11.0 Å². The molecule has 0 unspecified atom stereocenters. The number of rotatable bonds is 8. The van der Waals surface area contributed by atoms with Gasteiger partial charge in [-0.2, -0.15) is 5.10 Å². The summed E-state index contributed by atoms with van der Waals surface area (Å²) in [4.78, 5) is 16.6. The van der Waals surface area contributed by atoms with Crippen LogP contribution in [0, 0.1) is 0 Å². The topological polar surface area (TPSA) is 106 Å². The van der Waals surface area contributed by atoms with Crippen LogP contribution in [-0.2, 0) is 23.1 Å². The van der Waals surface area contributed by atoms with Crippen LogP contribution < -0.4 is 10.1 Å². The monoisotopic (exact) mass is 429 g/mol. The maximum atomic E-state index is 12.7. The molecule has 0 radical (unpaired) electrons. The summed E-state index contributed by atoms with van der Waals surface area (Å²) in [5.74, 6) is -0.207. The molecular formula is C20H23N5O4S. The van der Waals surface area contributed by atoms with Crippen LogP contribution in [0.3, 0.4) is 0 Å². The Labute approximate surface area is 175 Å². The Balaban J connectivity index is 1.79. The summed E-state index contributed by atoms with van der Waals surface area (Å²) in [5.41, 5.74) is 2.15. The number of benzene rings is 2. The standard InChI is InChI=1S/C20H23N5O4S/c1-24(2)30(27,28)19-10-15(8-9-18(19)29-3)20(26)22-11-16-6-4-5-7-17(16)12-25-14-21-13-23-25/h4-10,13-14H,11-12H2,1-3H3,(H,22,26). The highest BCUT2D eigenvalue weighted by atomic mass is 32.2. The fourth-order valence-corrected chi connectivity index (χ4v) is 3.94. The number of amides is 1. The van der Waals surface area contributed by atoms with E-state index in [1.807, 2.05) is 24.3 Å². The molecule has 0 aliphatic heterocycles. The molecule has 1 aromatic heterocycles. The van der Waals surface area contributed by atoms with Crippen LogP contribution in [0.25, 0.3) is 0 Å². The molecule has 0 saturated carbocycles. The molecule has 3 aromatic rings. The molecule has 1 heterocycles. The second kappa shape index (κ2) is 9.06. The quantitative estimate of drug-likeness (QED) is 0.582. The van der Waals surface area contributed by atoms with Crippen molar-refractivity contribution in [2.45, 2.75) is 18.0 Å². The molecule has 0 aliphatic carbocycles. The van der Waals surface area contributed by atoms with Crippen LogP contribution in [0.15, 0.2) is 60.0 Å². The first kappa shape index (κ1) is 21.5. The van der Waals surface area contributed by atoms with Gasteiger partial charge < -0.3 is 10.1 Å². The first-order valence-corrected chi connectivity index (χ1v) is 10.5. The SMILES string of the molecule is COc1ccc(C(=O)NCc2ccccc2Cn2cncn2)cc1S(=O)(=O)N(C)C. The summed E-state index contributed by atoms with van der Waals surface area (Å²) >= 11 is 0. The minimum absolute atomic E-state index is 0.0609. The molecule has 1 N–H and O–H groups in total. The largest absolute Gasteiger partial charge is 0.495 e. The molecule has 0 saturated heterocycles. The van der Waals surface area contributed by atoms with Crippen molar-refractivity contribution in [3.05, 3.63) is 71.8 Å². The lowest BCUT2D eigenvalue weighted by molar-refractivity contribution is 0.0950. The third kappa shape index (κ3) is 4.66. The molecule has 0 bridgehead atoms. The van der Waals surface area contributed by atoms with Crippen LogP contribution >= 0.6 is 0 Å². The van der Waals surface area contributed by atoms with Gasteiger partial charge >= 0.3 is 0 Å². The van der Waals surface area contributed by atoms with Crippen molar-refractivity contribution in [2.24, 2.45) is 0 Å². The fraction of sp³-hybridized carbons (Fsp3) is 0.250. The number of hydrogen-bond acceptors (Lipinski definition) is 6. The number of ether oxygens (including phenoxy) is 1. The van der Waals surface area contributed by atoms with Gasteiger partial charge in [0.25, 0.3) is 5.91 Å². The van der Waals surface area contributed by atoms with E-state index in [-0.39, 0.29) is 28.7 Å². The summed E-state index contributed by atoms with van der Waals surface area (Å²) in [6.45, 7) is 0.811. The van der Waals surface area contributed by atoms with Crippen molar-refractivity contribution in [1.29, 1.82) is 0 Å². The Hall–Kier alpha value is -3.24. The van der Waals surface area contributed by atoms with Gasteiger partial charge in [0.05, 0.1) is 13.7 Å². The summed E-state index contributed by atoms with van der Waals surface area (Å²) in [6.07, 6.45) is 3.09. The summed E-state index contributed by atoms with van der Waals surface area (Å²) in [7, 11) is 0.467. The predicted octanol–water partition coefficient (Wildman–Crippen LogP) is 1.52. The number of carbonyl (C=O) groups is 1. The first-order chi connectivity index (χ1) is 14.3. The minimum Gasteiger partial charge on any atom is -0.495 e. The summed E-state index contributed by atoms with van der Waals surface area (Å²) in [5, 5.41) is 6.95. The molecule has 0 spiro atoms. The second-order valence-corrected chi connectivity index (χ2v) is 8.82. The van der Waals surface area contributed by atoms with Gasteiger partial charge in [0.1, 0.15) is 23.3 Å². The van der Waals surface area contributed by atoms with Crippen LogP contribution in [0.5, 0.6) is 5.75 Å². The molecule has 30 heavy (non-hydrogen) atoms. The number of nitrogens with zero attached hydrogens (tertiary/aromatic N) is 4. The Morgan fingerprint density at radius 2 is 1.90 bits per heavy atom. The summed E-state index contributed by atoms with van der Waals surface area (Å²) in [6, 6.07) is 12.0. The van der Waals surface area contributed by atoms with Gasteiger partial charge in [-0.25, -0.2) is 22.4 Å². The number of sulfonamides is 1. The van der Waals surface area contributed by atoms with Gasteiger partial charge in [0.15, 0.2) is 0 Å². The van der Waals surface area contributed by atoms with E-state index >= 15 is 0 Å². The maximum Gasteiger partial charge on any atom is 0.251 e. The smallest absolute Gasteiger partial charge is 0.251 e. The van der Waals surface area contributed by atoms with Crippen LogP contribution in [0.2, 0.25) is 0 Å². The van der Waals surface area contributed by atoms with E-state index in [9.17, 15) is 13.2 Å². The molecule has 0 aliphatic rings. The molecule has 1 amide bonds. The Kier molecular flexibility index (Phi) is 6.48. The third-order valence-electron chi connectivity index (χ3n) is 4.54. The van der Waals surface area contributed by atoms with E-state index in [2.05, 4.69) is 15.4 Å². The number of aromatic nitrogens is 3. The van der Waals surface area contributed by atoms with Gasteiger partial charge in [-0.15, -0.1) is 0 Å². The summed E-state index contributed by atoms with van der Waals surface area (Å²) < 4.78 is 33.1. The van der Waals surface area contributed by atoms with Crippen molar-refractivity contribution in [3.63, 3.8) is 0 Å². The van der Waals surface area contributed by atoms with Crippen LogP contribution in [-0.4, -0.2) is 54.6 Å². The Bertz CT molecular complexity index is 1130. The lowest BCUT2D eigenvalue weighted by atomic mass is 10.1. The Morgan fingerprint density at radius 1 is 1.17 bits per heavy atom.